The summed E-state index contributed by atoms with van der Waals surface area (Å²) in [4.78, 5) is 0. The molecule has 2 atom stereocenters. The van der Waals surface area contributed by atoms with E-state index in [1.807, 2.05) is 0 Å². The van der Waals surface area contributed by atoms with Crippen molar-refractivity contribution in [1.82, 2.24) is 0 Å². The van der Waals surface area contributed by atoms with E-state index in [0.717, 1.165) is 0 Å². The molecule has 3 rings (SSSR count). The maximum atomic E-state index is 4.85. The summed E-state index contributed by atoms with van der Waals surface area (Å²) in [6.45, 7) is 2.24. The van der Waals surface area contributed by atoms with E-state index in [2.05, 4.69) is 79.7 Å². The first-order chi connectivity index (χ1) is 9.75. The highest BCUT2D eigenvalue weighted by atomic mass is 32.1. The average molecular weight is 278 g/mol. The molecule has 100 valence electrons. The fourth-order valence-electron chi connectivity index (χ4n) is 2.62. The third-order valence-corrected chi connectivity index (χ3v) is 4.66. The van der Waals surface area contributed by atoms with Crippen LogP contribution in [0.15, 0.2) is 72.8 Å². The summed E-state index contributed by atoms with van der Waals surface area (Å²) < 4.78 is 0. The third-order valence-electron chi connectivity index (χ3n) is 3.91. The van der Waals surface area contributed by atoms with Gasteiger partial charge in [-0.25, -0.2) is 0 Å². The summed E-state index contributed by atoms with van der Waals surface area (Å²) in [7, 11) is 0. The number of hydrogen-bond acceptors (Lipinski definition) is 1. The summed E-state index contributed by atoms with van der Waals surface area (Å²) in [6.07, 6.45) is 0. The Labute approximate surface area is 125 Å². The van der Waals surface area contributed by atoms with Crippen molar-refractivity contribution < 1.29 is 0 Å². The van der Waals surface area contributed by atoms with Gasteiger partial charge in [-0.15, -0.1) is 0 Å². The van der Waals surface area contributed by atoms with Crippen molar-refractivity contribution in [2.75, 3.05) is 0 Å². The lowest BCUT2D eigenvalue weighted by Gasteiger charge is -2.20. The van der Waals surface area contributed by atoms with Crippen LogP contribution in [0.1, 0.15) is 29.2 Å². The van der Waals surface area contributed by atoms with Crippen molar-refractivity contribution in [3.05, 3.63) is 83.9 Å². The van der Waals surface area contributed by atoms with Gasteiger partial charge in [0.25, 0.3) is 0 Å². The second-order valence-electron chi connectivity index (χ2n) is 5.25. The first kappa shape index (κ1) is 13.3. The van der Waals surface area contributed by atoms with Gasteiger partial charge in [0.05, 0.1) is 0 Å². The molecule has 0 amide bonds. The lowest BCUT2D eigenvalue weighted by Crippen LogP contribution is -2.02. The van der Waals surface area contributed by atoms with E-state index in [-0.39, 0.29) is 5.25 Å². The summed E-state index contributed by atoms with van der Waals surface area (Å²) in [6, 6.07) is 25.7. The molecule has 0 saturated carbocycles. The topological polar surface area (TPSA) is 0 Å². The predicted molar refractivity (Wildman–Crippen MR) is 90.5 cm³/mol. The molecule has 0 fully saturated rings. The second-order valence-corrected chi connectivity index (χ2v) is 5.81. The van der Waals surface area contributed by atoms with Gasteiger partial charge in [-0.3, -0.25) is 0 Å². The maximum Gasteiger partial charge on any atom is 0.0333 e. The fraction of sp³-hybridized carbons (Fsp3) is 0.158. The predicted octanol–water partition coefficient (Wildman–Crippen LogP) is 5.61. The Hall–Kier alpha value is -1.73. The Kier molecular flexibility index (Phi) is 3.79. The van der Waals surface area contributed by atoms with Crippen LogP contribution in [0.4, 0.5) is 0 Å². The number of benzene rings is 3. The first-order valence-corrected chi connectivity index (χ1v) is 7.49. The molecule has 0 aromatic heterocycles. The van der Waals surface area contributed by atoms with Crippen LogP contribution in [-0.2, 0) is 0 Å². The Bertz CT molecular complexity index is 703. The van der Waals surface area contributed by atoms with Crippen molar-refractivity contribution in [2.45, 2.75) is 18.1 Å². The molecule has 1 heteroatoms. The summed E-state index contributed by atoms with van der Waals surface area (Å²) in [5.74, 6) is 0.390. The van der Waals surface area contributed by atoms with Crippen molar-refractivity contribution in [3.63, 3.8) is 0 Å². The number of rotatable bonds is 3. The third kappa shape index (κ3) is 2.59. The van der Waals surface area contributed by atoms with Gasteiger partial charge in [-0.05, 0) is 27.8 Å². The monoisotopic (exact) mass is 278 g/mol. The SMILES string of the molecule is CC(c1ccccc1)C(S)c1ccc2ccccc2c1. The Balaban J connectivity index is 1.94. The van der Waals surface area contributed by atoms with Crippen molar-refractivity contribution in [1.29, 1.82) is 0 Å². The minimum absolute atomic E-state index is 0.210. The molecule has 0 bridgehead atoms. The molecule has 0 spiro atoms. The van der Waals surface area contributed by atoms with Gasteiger partial charge in [0, 0.05) is 5.25 Å². The van der Waals surface area contributed by atoms with E-state index in [1.165, 1.54) is 21.9 Å². The standard InChI is InChI=1S/C19H18S/c1-14(15-7-3-2-4-8-15)19(20)18-12-11-16-9-5-6-10-17(16)13-18/h2-14,19-20H,1H3. The summed E-state index contributed by atoms with van der Waals surface area (Å²) >= 11 is 4.85. The zero-order valence-corrected chi connectivity index (χ0v) is 12.4. The molecule has 0 aliphatic carbocycles. The van der Waals surface area contributed by atoms with Crippen molar-refractivity contribution in [3.8, 4) is 0 Å². The Morgan fingerprint density at radius 2 is 1.35 bits per heavy atom. The van der Waals surface area contributed by atoms with E-state index < -0.39 is 0 Å². The number of thiol groups is 1. The molecular formula is C19H18S. The highest BCUT2D eigenvalue weighted by Gasteiger charge is 2.17. The van der Waals surface area contributed by atoms with Gasteiger partial charge in [-0.1, -0.05) is 79.7 Å². The van der Waals surface area contributed by atoms with Crippen LogP contribution in [0.5, 0.6) is 0 Å². The summed E-state index contributed by atoms with van der Waals surface area (Å²) in [5.41, 5.74) is 2.61. The van der Waals surface area contributed by atoms with Crippen molar-refractivity contribution >= 4 is 23.4 Å². The van der Waals surface area contributed by atoms with Crippen LogP contribution in [-0.4, -0.2) is 0 Å². The molecule has 0 radical (unpaired) electrons. The van der Waals surface area contributed by atoms with Gasteiger partial charge < -0.3 is 0 Å². The van der Waals surface area contributed by atoms with Crippen LogP contribution < -0.4 is 0 Å². The van der Waals surface area contributed by atoms with E-state index in [4.69, 9.17) is 12.6 Å². The van der Waals surface area contributed by atoms with Gasteiger partial charge >= 0.3 is 0 Å². The molecule has 0 nitrogen and oxygen atoms in total. The molecule has 3 aromatic rings. The first-order valence-electron chi connectivity index (χ1n) is 6.97. The van der Waals surface area contributed by atoms with Gasteiger partial charge in [0.2, 0.25) is 0 Å². The fourth-order valence-corrected chi connectivity index (χ4v) is 2.95. The summed E-state index contributed by atoms with van der Waals surface area (Å²) in [5, 5.41) is 2.77. The van der Waals surface area contributed by atoms with Crippen LogP contribution >= 0.6 is 12.6 Å². The lowest BCUT2D eigenvalue weighted by molar-refractivity contribution is 0.746. The number of fused-ring (bicyclic) bond motifs is 1. The molecule has 0 heterocycles. The Morgan fingerprint density at radius 3 is 2.10 bits per heavy atom. The minimum atomic E-state index is 0.210. The molecule has 0 N–H and O–H groups in total. The quantitative estimate of drug-likeness (QED) is 0.591. The maximum absolute atomic E-state index is 4.85. The molecule has 0 aliphatic heterocycles. The van der Waals surface area contributed by atoms with E-state index in [1.54, 1.807) is 0 Å². The minimum Gasteiger partial charge on any atom is -0.170 e. The van der Waals surface area contributed by atoms with E-state index in [0.29, 0.717) is 5.92 Å². The van der Waals surface area contributed by atoms with Gasteiger partial charge in [0.15, 0.2) is 0 Å². The van der Waals surface area contributed by atoms with Crippen LogP contribution in [0.3, 0.4) is 0 Å². The average Bonchev–Trinajstić information content (AvgIpc) is 2.54. The van der Waals surface area contributed by atoms with Crippen molar-refractivity contribution in [2.24, 2.45) is 0 Å². The van der Waals surface area contributed by atoms with Crippen LogP contribution in [0.2, 0.25) is 0 Å². The molecule has 0 aliphatic rings. The van der Waals surface area contributed by atoms with Gasteiger partial charge in [-0.2, -0.15) is 12.6 Å². The zero-order valence-electron chi connectivity index (χ0n) is 11.5. The van der Waals surface area contributed by atoms with Gasteiger partial charge in [0.1, 0.15) is 0 Å². The second kappa shape index (κ2) is 5.72. The molecule has 20 heavy (non-hydrogen) atoms. The zero-order chi connectivity index (χ0) is 13.9. The highest BCUT2D eigenvalue weighted by molar-refractivity contribution is 7.80. The normalized spacial score (nSPS) is 14.1. The molecular weight excluding hydrogens is 260 g/mol. The molecule has 0 saturated heterocycles. The van der Waals surface area contributed by atoms with E-state index in [9.17, 15) is 0 Å². The molecule has 3 aromatic carbocycles. The molecule has 2 unspecified atom stereocenters. The number of hydrogen-bond donors (Lipinski definition) is 1. The largest absolute Gasteiger partial charge is 0.170 e. The van der Waals surface area contributed by atoms with Crippen LogP contribution in [0.25, 0.3) is 10.8 Å². The van der Waals surface area contributed by atoms with Crippen LogP contribution in [0, 0.1) is 0 Å². The Morgan fingerprint density at radius 1 is 0.700 bits per heavy atom. The smallest absolute Gasteiger partial charge is 0.0333 e. The van der Waals surface area contributed by atoms with E-state index >= 15 is 0 Å². The lowest BCUT2D eigenvalue weighted by atomic mass is 9.92. The highest BCUT2D eigenvalue weighted by Crippen LogP contribution is 2.36.